The van der Waals surface area contributed by atoms with Crippen LogP contribution in [0.1, 0.15) is 47.0 Å². The zero-order chi connectivity index (χ0) is 17.3. The van der Waals surface area contributed by atoms with Gasteiger partial charge in [0.05, 0.1) is 17.7 Å². The van der Waals surface area contributed by atoms with E-state index < -0.39 is 42.9 Å². The number of aliphatic hydroxyl groups excluding tert-OH is 2. The Hall–Kier alpha value is 0.0549. The van der Waals surface area contributed by atoms with Gasteiger partial charge in [0.1, 0.15) is 20.1 Å². The van der Waals surface area contributed by atoms with Crippen molar-refractivity contribution in [3.8, 4) is 0 Å². The minimum Gasteiger partial charge on any atom is -0.388 e. The van der Waals surface area contributed by atoms with Gasteiger partial charge in [-0.3, -0.25) is 4.57 Å². The molecule has 22 heavy (non-hydrogen) atoms. The van der Waals surface area contributed by atoms with Crippen molar-refractivity contribution in [2.24, 2.45) is 0 Å². The molecule has 0 spiro atoms. The zero-order valence-corrected chi connectivity index (χ0v) is 14.8. The van der Waals surface area contributed by atoms with Crippen LogP contribution in [0.2, 0.25) is 0 Å². The maximum absolute atomic E-state index is 12.4. The lowest BCUT2D eigenvalue weighted by Crippen LogP contribution is -2.40. The summed E-state index contributed by atoms with van der Waals surface area (Å²) in [6.07, 6.45) is -2.18. The Bertz CT molecular complexity index is 433. The summed E-state index contributed by atoms with van der Waals surface area (Å²) < 4.78 is 23.3. The summed E-state index contributed by atoms with van der Waals surface area (Å²) in [7, 11) is -2.64. The average Bonchev–Trinajstić information content (AvgIpc) is 2.65. The van der Waals surface area contributed by atoms with Gasteiger partial charge in [-0.2, -0.15) is 0 Å². The fourth-order valence-electron chi connectivity index (χ4n) is 2.37. The molecule has 9 heteroatoms. The average molecular weight is 338 g/mol. The highest BCUT2D eigenvalue weighted by atomic mass is 31.2. The molecule has 1 aliphatic rings. The third-order valence-corrected chi connectivity index (χ3v) is 6.83. The highest BCUT2D eigenvalue weighted by Gasteiger charge is 2.49. The summed E-state index contributed by atoms with van der Waals surface area (Å²) in [4.78, 5) is 10.1. The van der Waals surface area contributed by atoms with E-state index in [9.17, 15) is 24.8 Å². The molecule has 1 heterocycles. The Morgan fingerprint density at radius 3 is 2.14 bits per heavy atom. The van der Waals surface area contributed by atoms with E-state index in [4.69, 9.17) is 9.26 Å². The van der Waals surface area contributed by atoms with E-state index >= 15 is 0 Å². The third-order valence-electron chi connectivity index (χ3n) is 4.60. The molecule has 0 aromatic carbocycles. The lowest BCUT2D eigenvalue weighted by atomic mass is 9.90. The van der Waals surface area contributed by atoms with E-state index in [2.05, 4.69) is 0 Å². The van der Waals surface area contributed by atoms with Crippen molar-refractivity contribution >= 4 is 15.4 Å². The van der Waals surface area contributed by atoms with Crippen LogP contribution in [0.25, 0.3) is 0 Å². The molecule has 4 unspecified atom stereocenters. The first kappa shape index (κ1) is 20.1. The maximum atomic E-state index is 12.4. The molecule has 4 N–H and O–H groups in total. The Morgan fingerprint density at radius 1 is 1.23 bits per heavy atom. The Labute approximate surface area is 132 Å². The number of hydrogen-bond donors (Lipinski definition) is 4. The molecule has 7 nitrogen and oxygen atoms in total. The quantitative estimate of drug-likeness (QED) is 0.380. The molecule has 0 amide bonds. The van der Waals surface area contributed by atoms with Crippen molar-refractivity contribution in [1.82, 2.24) is 0 Å². The number of hydrogen-bond acceptors (Lipinski definition) is 6. The molecule has 0 saturated carbocycles. The smallest absolute Gasteiger partial charge is 0.359 e. The van der Waals surface area contributed by atoms with Gasteiger partial charge in [0.25, 0.3) is 0 Å². The zero-order valence-electron chi connectivity index (χ0n) is 13.9. The molecule has 0 aliphatic carbocycles. The molecule has 0 aromatic heterocycles. The fraction of sp³-hybridized carbons (Fsp3) is 1.00. The lowest BCUT2D eigenvalue weighted by Gasteiger charge is -2.37. The van der Waals surface area contributed by atoms with Gasteiger partial charge in [-0.05, 0) is 26.7 Å². The second-order valence-corrected chi connectivity index (χ2v) is 8.74. The largest absolute Gasteiger partial charge is 0.388 e. The fourth-order valence-corrected chi connectivity index (χ4v) is 3.77. The first-order valence-corrected chi connectivity index (χ1v) is 9.24. The first-order valence-electron chi connectivity index (χ1n) is 7.66. The predicted molar refractivity (Wildman–Crippen MR) is 84.4 cm³/mol. The standard InChI is InChI=1S/C13H28BO7P/c1-5-12(3,21-22(18,19)13(4,17)6-2)7-8-9(15)10(16)11(14)20-8/h8-11,15-17H,5-7,14H2,1-4H3,(H,18,19)/t8-,9?,10+,11-,12?,13?/m1/s1. The Balaban J connectivity index is 2.87. The lowest BCUT2D eigenvalue weighted by molar-refractivity contribution is -0.0444. The topological polar surface area (TPSA) is 116 Å². The van der Waals surface area contributed by atoms with Crippen LogP contribution in [-0.4, -0.2) is 63.3 Å². The van der Waals surface area contributed by atoms with E-state index in [-0.39, 0.29) is 12.8 Å². The molecule has 1 aliphatic heterocycles. The van der Waals surface area contributed by atoms with Crippen LogP contribution in [0.5, 0.6) is 0 Å². The Morgan fingerprint density at radius 2 is 1.77 bits per heavy atom. The molecule has 130 valence electrons. The van der Waals surface area contributed by atoms with Crippen LogP contribution < -0.4 is 0 Å². The predicted octanol–water partition coefficient (Wildman–Crippen LogP) is -0.0545. The van der Waals surface area contributed by atoms with Crippen molar-refractivity contribution in [3.05, 3.63) is 0 Å². The van der Waals surface area contributed by atoms with Gasteiger partial charge in [-0.15, -0.1) is 0 Å². The van der Waals surface area contributed by atoms with Crippen LogP contribution in [0, 0.1) is 0 Å². The summed E-state index contributed by atoms with van der Waals surface area (Å²) in [6, 6.07) is -0.513. The minimum atomic E-state index is -4.28. The first-order chi connectivity index (χ1) is 9.89. The van der Waals surface area contributed by atoms with Gasteiger partial charge in [-0.25, -0.2) is 0 Å². The van der Waals surface area contributed by atoms with Gasteiger partial charge in [-0.1, -0.05) is 13.8 Å². The highest BCUT2D eigenvalue weighted by molar-refractivity contribution is 7.54. The van der Waals surface area contributed by atoms with E-state index in [0.717, 1.165) is 0 Å². The number of aliphatic hydroxyl groups is 3. The normalized spacial score (nSPS) is 37.3. The monoisotopic (exact) mass is 338 g/mol. The van der Waals surface area contributed by atoms with Crippen LogP contribution in [0.3, 0.4) is 0 Å². The molecular formula is C13H28BO7P. The van der Waals surface area contributed by atoms with Crippen LogP contribution in [0.4, 0.5) is 0 Å². The van der Waals surface area contributed by atoms with Crippen molar-refractivity contribution in [2.45, 2.75) is 82.2 Å². The molecule has 7 atom stereocenters. The molecule has 0 aromatic rings. The number of ether oxygens (including phenoxy) is 1. The van der Waals surface area contributed by atoms with E-state index in [0.29, 0.717) is 6.42 Å². The minimum absolute atomic E-state index is 0.0683. The summed E-state index contributed by atoms with van der Waals surface area (Å²) in [5.74, 6) is 0. The van der Waals surface area contributed by atoms with Crippen LogP contribution in [-0.2, 0) is 13.8 Å². The SMILES string of the molecule is B[C@@H]1O[C@H](CC(C)(CC)OP(=O)(O)C(C)(O)CC)C(O)[C@@H]1O. The van der Waals surface area contributed by atoms with Crippen molar-refractivity contribution in [2.75, 3.05) is 0 Å². The van der Waals surface area contributed by atoms with Crippen molar-refractivity contribution < 1.29 is 34.0 Å². The van der Waals surface area contributed by atoms with Crippen molar-refractivity contribution in [3.63, 3.8) is 0 Å². The number of rotatable bonds is 7. The van der Waals surface area contributed by atoms with Crippen LogP contribution >= 0.6 is 7.60 Å². The maximum Gasteiger partial charge on any atom is 0.359 e. The molecule has 0 radical (unpaired) electrons. The molecular weight excluding hydrogens is 310 g/mol. The van der Waals surface area contributed by atoms with E-state index in [1.165, 1.54) is 6.92 Å². The summed E-state index contributed by atoms with van der Waals surface area (Å²) in [5, 5.41) is 27.9. The summed E-state index contributed by atoms with van der Waals surface area (Å²) in [5.41, 5.74) is -1.07. The summed E-state index contributed by atoms with van der Waals surface area (Å²) >= 11 is 0. The van der Waals surface area contributed by atoms with E-state index in [1.54, 1.807) is 28.6 Å². The molecule has 1 saturated heterocycles. The van der Waals surface area contributed by atoms with Gasteiger partial charge in [0.2, 0.25) is 0 Å². The van der Waals surface area contributed by atoms with E-state index in [1.807, 2.05) is 0 Å². The van der Waals surface area contributed by atoms with Crippen molar-refractivity contribution in [1.29, 1.82) is 0 Å². The highest BCUT2D eigenvalue weighted by Crippen LogP contribution is 2.59. The molecule has 1 rings (SSSR count). The van der Waals surface area contributed by atoms with Crippen LogP contribution in [0.15, 0.2) is 0 Å². The summed E-state index contributed by atoms with van der Waals surface area (Å²) in [6.45, 7) is 6.27. The van der Waals surface area contributed by atoms with Gasteiger partial charge >= 0.3 is 7.60 Å². The molecule has 0 bridgehead atoms. The van der Waals surface area contributed by atoms with Gasteiger partial charge < -0.3 is 29.5 Å². The van der Waals surface area contributed by atoms with Gasteiger partial charge in [0, 0.05) is 6.42 Å². The third kappa shape index (κ3) is 4.12. The van der Waals surface area contributed by atoms with Gasteiger partial charge in [0.15, 0.2) is 5.34 Å². The second kappa shape index (κ2) is 6.89. The Kier molecular flexibility index (Phi) is 6.30. The molecule has 1 fully saturated rings. The second-order valence-electron chi connectivity index (χ2n) is 6.55.